The topological polar surface area (TPSA) is 107 Å². The number of primary amides is 1. The number of nitrogens with one attached hydrogen (secondary N) is 1. The number of amides is 2. The van der Waals surface area contributed by atoms with Gasteiger partial charge in [-0.2, -0.15) is 0 Å². The first-order valence-electron chi connectivity index (χ1n) is 11.3. The lowest BCUT2D eigenvalue weighted by molar-refractivity contribution is -0.135. The first kappa shape index (κ1) is 28.2. The number of carbonyl (C=O) groups excluding carboxylic acids is 2. The van der Waals surface area contributed by atoms with E-state index in [-0.39, 0.29) is 12.5 Å². The van der Waals surface area contributed by atoms with Crippen LogP contribution in [0.2, 0.25) is 0 Å². The lowest BCUT2D eigenvalue weighted by Gasteiger charge is -2.22. The van der Waals surface area contributed by atoms with Crippen LogP contribution in [0.3, 0.4) is 0 Å². The Morgan fingerprint density at radius 1 is 1.21 bits per heavy atom. The molecule has 1 saturated heterocycles. The number of aromatic nitrogens is 1. The van der Waals surface area contributed by atoms with Crippen LogP contribution in [-0.2, 0) is 9.59 Å². The highest BCUT2D eigenvalue weighted by Gasteiger charge is 2.32. The van der Waals surface area contributed by atoms with Crippen molar-refractivity contribution in [1.82, 2.24) is 9.88 Å². The van der Waals surface area contributed by atoms with E-state index in [1.165, 1.54) is 16.2 Å². The van der Waals surface area contributed by atoms with Crippen molar-refractivity contribution in [2.75, 3.05) is 32.6 Å². The number of methoxy groups -OCH3 is 2. The predicted octanol–water partition coefficient (Wildman–Crippen LogP) is 4.40. The van der Waals surface area contributed by atoms with E-state index < -0.39 is 11.9 Å². The molecule has 33 heavy (non-hydrogen) atoms. The summed E-state index contributed by atoms with van der Waals surface area (Å²) in [5.74, 6) is 1.50. The van der Waals surface area contributed by atoms with E-state index in [2.05, 4.69) is 31.1 Å². The van der Waals surface area contributed by atoms with Crippen LogP contribution in [0.15, 0.2) is 23.6 Å². The summed E-state index contributed by atoms with van der Waals surface area (Å²) >= 11 is 1.40. The van der Waals surface area contributed by atoms with Crippen molar-refractivity contribution in [3.05, 3.63) is 23.6 Å². The average molecular weight is 479 g/mol. The van der Waals surface area contributed by atoms with Gasteiger partial charge in [0.05, 0.1) is 26.5 Å². The first-order chi connectivity index (χ1) is 15.8. The van der Waals surface area contributed by atoms with Gasteiger partial charge >= 0.3 is 0 Å². The van der Waals surface area contributed by atoms with Gasteiger partial charge in [0.2, 0.25) is 11.8 Å². The molecule has 1 aliphatic heterocycles. The van der Waals surface area contributed by atoms with Crippen LogP contribution in [0.5, 0.6) is 11.5 Å². The zero-order chi connectivity index (χ0) is 25.0. The molecular formula is C24H38N4O4S. The Balaban J connectivity index is 0.000000820. The van der Waals surface area contributed by atoms with E-state index >= 15 is 0 Å². The summed E-state index contributed by atoms with van der Waals surface area (Å²) in [5.41, 5.74) is 7.02. The summed E-state index contributed by atoms with van der Waals surface area (Å²) in [4.78, 5) is 29.8. The normalized spacial score (nSPS) is 14.5. The van der Waals surface area contributed by atoms with Gasteiger partial charge in [-0.15, -0.1) is 11.3 Å². The molecule has 8 nitrogen and oxygen atoms in total. The molecule has 1 fully saturated rings. The van der Waals surface area contributed by atoms with Crippen molar-refractivity contribution in [1.29, 1.82) is 0 Å². The third-order valence-electron chi connectivity index (χ3n) is 4.48. The lowest BCUT2D eigenvalue weighted by Crippen LogP contribution is -2.45. The molecule has 2 amide bonds. The van der Waals surface area contributed by atoms with Gasteiger partial charge in [-0.3, -0.25) is 9.59 Å². The highest BCUT2D eigenvalue weighted by Crippen LogP contribution is 2.33. The second-order valence-corrected chi connectivity index (χ2v) is 8.70. The van der Waals surface area contributed by atoms with Crippen LogP contribution in [0.25, 0.3) is 11.3 Å². The van der Waals surface area contributed by atoms with Crippen LogP contribution >= 0.6 is 11.3 Å². The van der Waals surface area contributed by atoms with Gasteiger partial charge in [-0.05, 0) is 37.0 Å². The number of carbonyl (C=O) groups is 2. The van der Waals surface area contributed by atoms with Crippen molar-refractivity contribution in [2.45, 2.75) is 53.5 Å². The van der Waals surface area contributed by atoms with Gasteiger partial charge in [0.25, 0.3) is 0 Å². The second kappa shape index (κ2) is 14.4. The summed E-state index contributed by atoms with van der Waals surface area (Å²) < 4.78 is 10.6. The summed E-state index contributed by atoms with van der Waals surface area (Å²) in [7, 11) is 3.17. The molecular weight excluding hydrogens is 440 g/mol. The number of nitrogens with zero attached hydrogens (tertiary/aromatic N) is 2. The Morgan fingerprint density at radius 2 is 1.85 bits per heavy atom. The highest BCUT2D eigenvalue weighted by molar-refractivity contribution is 7.14. The largest absolute Gasteiger partial charge is 0.493 e. The Kier molecular flexibility index (Phi) is 12.3. The Hall–Kier alpha value is -2.81. The fourth-order valence-corrected chi connectivity index (χ4v) is 3.82. The van der Waals surface area contributed by atoms with Gasteiger partial charge < -0.3 is 25.4 Å². The van der Waals surface area contributed by atoms with Crippen LogP contribution in [0.1, 0.15) is 47.5 Å². The second-order valence-electron chi connectivity index (χ2n) is 7.84. The SMILES string of the molecule is CC.CC(C)C.COc1ccc(-c2csc(NCC(=O)N3CCC[C@H]3C(N)=O)n2)cc1OC. The molecule has 1 aliphatic rings. The van der Waals surface area contributed by atoms with Crippen molar-refractivity contribution in [2.24, 2.45) is 11.7 Å². The Morgan fingerprint density at radius 3 is 2.42 bits per heavy atom. The number of nitrogens with two attached hydrogens (primary N) is 1. The average Bonchev–Trinajstić information content (AvgIpc) is 3.48. The zero-order valence-electron chi connectivity index (χ0n) is 20.8. The third kappa shape index (κ3) is 8.57. The molecule has 0 saturated carbocycles. The van der Waals surface area contributed by atoms with Crippen molar-refractivity contribution >= 4 is 28.3 Å². The van der Waals surface area contributed by atoms with Gasteiger partial charge in [-0.1, -0.05) is 34.6 Å². The smallest absolute Gasteiger partial charge is 0.242 e. The lowest BCUT2D eigenvalue weighted by atomic mass is 10.1. The molecule has 1 aromatic carbocycles. The van der Waals surface area contributed by atoms with E-state index in [1.807, 2.05) is 37.4 Å². The molecule has 0 unspecified atom stereocenters. The summed E-state index contributed by atoms with van der Waals surface area (Å²) in [6.45, 7) is 11.1. The maximum atomic E-state index is 12.4. The molecule has 1 aromatic heterocycles. The minimum absolute atomic E-state index is 0.0721. The summed E-state index contributed by atoms with van der Waals surface area (Å²) in [6.07, 6.45) is 1.42. The van der Waals surface area contributed by atoms with E-state index in [1.54, 1.807) is 14.2 Å². The monoisotopic (exact) mass is 478 g/mol. The maximum Gasteiger partial charge on any atom is 0.242 e. The quantitative estimate of drug-likeness (QED) is 0.611. The molecule has 2 aromatic rings. The Bertz CT molecular complexity index is 882. The first-order valence-corrected chi connectivity index (χ1v) is 12.1. The maximum absolute atomic E-state index is 12.4. The summed E-state index contributed by atoms with van der Waals surface area (Å²) in [5, 5.41) is 5.56. The van der Waals surface area contributed by atoms with Gasteiger partial charge in [0.15, 0.2) is 16.6 Å². The number of rotatable bonds is 7. The number of hydrogen-bond donors (Lipinski definition) is 2. The number of anilines is 1. The molecule has 184 valence electrons. The molecule has 0 radical (unpaired) electrons. The molecule has 0 aliphatic carbocycles. The standard InChI is InChI=1S/C18H22N4O4S.C4H10.C2H6/c1-25-14-6-5-11(8-15(14)26-2)12-10-27-18(21-12)20-9-16(23)22-7-3-4-13(22)17(19)24;1-4(2)3;1-2/h5-6,8,10,13H,3-4,7,9H2,1-2H3,(H2,19,24)(H,20,21);4H,1-3H3;1-2H3/t13-;;/m0../s1. The minimum Gasteiger partial charge on any atom is -0.493 e. The number of benzene rings is 1. The van der Waals surface area contributed by atoms with E-state index in [0.29, 0.717) is 29.6 Å². The molecule has 3 N–H and O–H groups in total. The fraction of sp³-hybridized carbons (Fsp3) is 0.542. The van der Waals surface area contributed by atoms with E-state index in [9.17, 15) is 9.59 Å². The minimum atomic E-state index is -0.502. The molecule has 2 heterocycles. The fourth-order valence-electron chi connectivity index (χ4n) is 3.10. The van der Waals surface area contributed by atoms with Gasteiger partial charge in [0.1, 0.15) is 6.04 Å². The Labute approximate surface area is 201 Å². The molecule has 9 heteroatoms. The number of ether oxygens (including phenoxy) is 2. The van der Waals surface area contributed by atoms with Crippen molar-refractivity contribution < 1.29 is 19.1 Å². The predicted molar refractivity (Wildman–Crippen MR) is 135 cm³/mol. The number of hydrogen-bond acceptors (Lipinski definition) is 7. The van der Waals surface area contributed by atoms with Crippen molar-refractivity contribution in [3.63, 3.8) is 0 Å². The van der Waals surface area contributed by atoms with E-state index in [4.69, 9.17) is 15.2 Å². The highest BCUT2D eigenvalue weighted by atomic mass is 32.1. The number of thiazole rings is 1. The molecule has 3 rings (SSSR count). The zero-order valence-corrected chi connectivity index (χ0v) is 21.6. The molecule has 0 bridgehead atoms. The van der Waals surface area contributed by atoms with Gasteiger partial charge in [0, 0.05) is 17.5 Å². The van der Waals surface area contributed by atoms with E-state index in [0.717, 1.165) is 23.6 Å². The summed E-state index contributed by atoms with van der Waals surface area (Å²) in [6, 6.07) is 5.07. The van der Waals surface area contributed by atoms with Crippen LogP contribution in [-0.4, -0.2) is 55.0 Å². The van der Waals surface area contributed by atoms with Crippen LogP contribution in [0.4, 0.5) is 5.13 Å². The van der Waals surface area contributed by atoms with Gasteiger partial charge in [-0.25, -0.2) is 4.98 Å². The van der Waals surface area contributed by atoms with Crippen LogP contribution < -0.4 is 20.5 Å². The third-order valence-corrected chi connectivity index (χ3v) is 5.28. The molecule has 1 atom stereocenters. The van der Waals surface area contributed by atoms with Crippen LogP contribution in [0, 0.1) is 5.92 Å². The molecule has 0 spiro atoms. The number of likely N-dealkylation sites (tertiary alicyclic amines) is 1. The van der Waals surface area contributed by atoms with Crippen molar-refractivity contribution in [3.8, 4) is 22.8 Å².